The molecular formula is C14H9BrFN3OS. The second kappa shape index (κ2) is 5.42. The molecule has 106 valence electrons. The van der Waals surface area contributed by atoms with Crippen LogP contribution in [0, 0.1) is 5.82 Å². The molecule has 0 unspecified atom stereocenters. The maximum absolute atomic E-state index is 13.7. The molecule has 7 heteroatoms. The van der Waals surface area contributed by atoms with Gasteiger partial charge in [0.2, 0.25) is 0 Å². The number of para-hydroxylation sites is 1. The number of nitrogens with two attached hydrogens (primary N) is 1. The minimum absolute atomic E-state index is 0.0901. The van der Waals surface area contributed by atoms with Crippen molar-refractivity contribution in [2.75, 3.05) is 11.1 Å². The summed E-state index contributed by atoms with van der Waals surface area (Å²) in [5.74, 6) is -0.975. The lowest BCUT2D eigenvalue weighted by Gasteiger charge is -2.07. The van der Waals surface area contributed by atoms with Gasteiger partial charge in [-0.15, -0.1) is 11.3 Å². The molecular weight excluding hydrogens is 357 g/mol. The molecule has 2 heterocycles. The van der Waals surface area contributed by atoms with Crippen LogP contribution in [-0.4, -0.2) is 10.9 Å². The Hall–Kier alpha value is -1.99. The van der Waals surface area contributed by atoms with Gasteiger partial charge in [0.1, 0.15) is 16.2 Å². The molecule has 0 saturated heterocycles. The van der Waals surface area contributed by atoms with Crippen molar-refractivity contribution in [2.45, 2.75) is 0 Å². The highest BCUT2D eigenvalue weighted by Gasteiger charge is 2.19. The first-order chi connectivity index (χ1) is 10.1. The molecule has 0 fully saturated rings. The van der Waals surface area contributed by atoms with Gasteiger partial charge in [-0.3, -0.25) is 9.78 Å². The standard InChI is InChI=1S/C14H9BrFN3OS/c15-7-3-1-4-8(16)11(7)19-14(20)13-10(17)12-9(21-13)5-2-6-18-12/h1-6H,17H2,(H,19,20). The fourth-order valence-corrected chi connectivity index (χ4v) is 3.32. The number of carbonyl (C=O) groups is 1. The molecule has 3 rings (SSSR count). The van der Waals surface area contributed by atoms with Gasteiger partial charge < -0.3 is 11.1 Å². The van der Waals surface area contributed by atoms with Crippen molar-refractivity contribution in [3.05, 3.63) is 51.7 Å². The normalized spacial score (nSPS) is 10.8. The Morgan fingerprint density at radius 1 is 1.33 bits per heavy atom. The van der Waals surface area contributed by atoms with E-state index < -0.39 is 11.7 Å². The number of carbonyl (C=O) groups excluding carboxylic acids is 1. The van der Waals surface area contributed by atoms with E-state index >= 15 is 0 Å². The van der Waals surface area contributed by atoms with Crippen molar-refractivity contribution in [3.63, 3.8) is 0 Å². The lowest BCUT2D eigenvalue weighted by molar-refractivity contribution is 0.103. The second-order valence-corrected chi connectivity index (χ2v) is 6.15. The molecule has 21 heavy (non-hydrogen) atoms. The van der Waals surface area contributed by atoms with E-state index in [1.54, 1.807) is 24.4 Å². The summed E-state index contributed by atoms with van der Waals surface area (Å²) in [5.41, 5.74) is 6.93. The summed E-state index contributed by atoms with van der Waals surface area (Å²) < 4.78 is 15.0. The van der Waals surface area contributed by atoms with Gasteiger partial charge >= 0.3 is 0 Å². The zero-order chi connectivity index (χ0) is 15.0. The second-order valence-electron chi connectivity index (χ2n) is 4.25. The van der Waals surface area contributed by atoms with E-state index in [-0.39, 0.29) is 5.69 Å². The third-order valence-electron chi connectivity index (χ3n) is 2.89. The third kappa shape index (κ3) is 2.50. The number of amides is 1. The van der Waals surface area contributed by atoms with Gasteiger partial charge in [-0.25, -0.2) is 4.39 Å². The van der Waals surface area contributed by atoms with Gasteiger partial charge in [0.15, 0.2) is 0 Å². The molecule has 0 aliphatic rings. The molecule has 2 aromatic heterocycles. The molecule has 4 nitrogen and oxygen atoms in total. The predicted octanol–water partition coefficient (Wildman–Crippen LogP) is 4.03. The molecule has 0 atom stereocenters. The molecule has 0 bridgehead atoms. The minimum atomic E-state index is -0.518. The summed E-state index contributed by atoms with van der Waals surface area (Å²) in [7, 11) is 0. The Morgan fingerprint density at radius 2 is 2.14 bits per heavy atom. The summed E-state index contributed by atoms with van der Waals surface area (Å²) in [6.07, 6.45) is 1.61. The number of aromatic nitrogens is 1. The zero-order valence-electron chi connectivity index (χ0n) is 10.6. The minimum Gasteiger partial charge on any atom is -0.396 e. The molecule has 0 radical (unpaired) electrons. The number of anilines is 2. The summed E-state index contributed by atoms with van der Waals surface area (Å²) in [4.78, 5) is 16.8. The number of nitrogens with one attached hydrogen (secondary N) is 1. The molecule has 1 aromatic carbocycles. The molecule has 0 saturated carbocycles. The topological polar surface area (TPSA) is 68.0 Å². The van der Waals surface area contributed by atoms with Crippen molar-refractivity contribution in [1.29, 1.82) is 0 Å². The maximum Gasteiger partial charge on any atom is 0.268 e. The van der Waals surface area contributed by atoms with Crippen LogP contribution >= 0.6 is 27.3 Å². The maximum atomic E-state index is 13.7. The van der Waals surface area contributed by atoms with E-state index in [2.05, 4.69) is 26.2 Å². The fourth-order valence-electron chi connectivity index (χ4n) is 1.90. The highest BCUT2D eigenvalue weighted by atomic mass is 79.9. The lowest BCUT2D eigenvalue weighted by atomic mass is 10.2. The van der Waals surface area contributed by atoms with Crippen LogP contribution in [0.1, 0.15) is 9.67 Å². The van der Waals surface area contributed by atoms with E-state index in [0.29, 0.717) is 20.6 Å². The highest BCUT2D eigenvalue weighted by molar-refractivity contribution is 9.10. The quantitative estimate of drug-likeness (QED) is 0.720. The number of hydrogen-bond acceptors (Lipinski definition) is 4. The van der Waals surface area contributed by atoms with Crippen molar-refractivity contribution in [1.82, 2.24) is 4.98 Å². The van der Waals surface area contributed by atoms with E-state index in [1.807, 2.05) is 6.07 Å². The van der Waals surface area contributed by atoms with Crippen LogP contribution < -0.4 is 11.1 Å². The van der Waals surface area contributed by atoms with Crippen molar-refractivity contribution in [3.8, 4) is 0 Å². The molecule has 3 aromatic rings. The van der Waals surface area contributed by atoms with Gasteiger partial charge in [-0.05, 0) is 40.2 Å². The van der Waals surface area contributed by atoms with E-state index in [9.17, 15) is 9.18 Å². The first-order valence-electron chi connectivity index (χ1n) is 5.96. The number of nitrogen functional groups attached to an aromatic ring is 1. The molecule has 3 N–H and O–H groups in total. The van der Waals surface area contributed by atoms with E-state index in [1.165, 1.54) is 17.4 Å². The Kier molecular flexibility index (Phi) is 3.60. The molecule has 0 spiro atoms. The number of benzene rings is 1. The number of nitrogens with zero attached hydrogens (tertiary/aromatic N) is 1. The van der Waals surface area contributed by atoms with E-state index in [0.717, 1.165) is 4.70 Å². The highest BCUT2D eigenvalue weighted by Crippen LogP contribution is 2.33. The van der Waals surface area contributed by atoms with E-state index in [4.69, 9.17) is 5.73 Å². The molecule has 0 aliphatic carbocycles. The Labute approximate surface area is 131 Å². The molecule has 1 amide bonds. The van der Waals surface area contributed by atoms with Crippen LogP contribution in [0.2, 0.25) is 0 Å². The largest absolute Gasteiger partial charge is 0.396 e. The first-order valence-corrected chi connectivity index (χ1v) is 7.57. The Bertz CT molecular complexity index is 829. The number of thiophene rings is 1. The van der Waals surface area contributed by atoms with Crippen LogP contribution in [0.3, 0.4) is 0 Å². The number of halogens is 2. The summed E-state index contributed by atoms with van der Waals surface area (Å²) in [6.45, 7) is 0. The molecule has 0 aliphatic heterocycles. The zero-order valence-corrected chi connectivity index (χ0v) is 13.0. The predicted molar refractivity (Wildman–Crippen MR) is 86.1 cm³/mol. The van der Waals surface area contributed by atoms with Crippen molar-refractivity contribution >= 4 is 54.8 Å². The number of hydrogen-bond donors (Lipinski definition) is 2. The fraction of sp³-hybridized carbons (Fsp3) is 0. The monoisotopic (exact) mass is 365 g/mol. The average molecular weight is 366 g/mol. The summed E-state index contributed by atoms with van der Waals surface area (Å²) in [6, 6.07) is 8.07. The smallest absolute Gasteiger partial charge is 0.268 e. The average Bonchev–Trinajstić information content (AvgIpc) is 2.81. The van der Waals surface area contributed by atoms with Gasteiger partial charge in [-0.1, -0.05) is 6.07 Å². The van der Waals surface area contributed by atoms with Crippen LogP contribution in [0.15, 0.2) is 41.0 Å². The summed E-state index contributed by atoms with van der Waals surface area (Å²) >= 11 is 4.43. The van der Waals surface area contributed by atoms with Crippen LogP contribution in [0.25, 0.3) is 10.2 Å². The van der Waals surface area contributed by atoms with Gasteiger partial charge in [0.05, 0.1) is 16.1 Å². The van der Waals surface area contributed by atoms with Crippen molar-refractivity contribution < 1.29 is 9.18 Å². The number of rotatable bonds is 2. The van der Waals surface area contributed by atoms with Gasteiger partial charge in [0.25, 0.3) is 5.91 Å². The number of fused-ring (bicyclic) bond motifs is 1. The Balaban J connectivity index is 2.00. The van der Waals surface area contributed by atoms with Crippen LogP contribution in [-0.2, 0) is 0 Å². The SMILES string of the molecule is Nc1c(C(=O)Nc2c(F)cccc2Br)sc2cccnc12. The first kappa shape index (κ1) is 14.0. The number of pyridine rings is 1. The summed E-state index contributed by atoms with van der Waals surface area (Å²) in [5, 5.41) is 2.54. The van der Waals surface area contributed by atoms with Crippen LogP contribution in [0.5, 0.6) is 0 Å². The van der Waals surface area contributed by atoms with Gasteiger partial charge in [0, 0.05) is 10.7 Å². The van der Waals surface area contributed by atoms with Gasteiger partial charge in [-0.2, -0.15) is 0 Å². The third-order valence-corrected chi connectivity index (χ3v) is 4.71. The lowest BCUT2D eigenvalue weighted by Crippen LogP contribution is -2.13. The van der Waals surface area contributed by atoms with Crippen LogP contribution in [0.4, 0.5) is 15.8 Å². The Morgan fingerprint density at radius 3 is 2.86 bits per heavy atom. The van der Waals surface area contributed by atoms with Crippen molar-refractivity contribution in [2.24, 2.45) is 0 Å².